The van der Waals surface area contributed by atoms with E-state index in [0.717, 1.165) is 17.9 Å². The first-order valence-electron chi connectivity index (χ1n) is 6.64. The fourth-order valence-corrected chi connectivity index (χ4v) is 2.19. The van der Waals surface area contributed by atoms with Gasteiger partial charge in [-0.1, -0.05) is 24.3 Å². The van der Waals surface area contributed by atoms with E-state index in [0.29, 0.717) is 6.04 Å². The van der Waals surface area contributed by atoms with Crippen LogP contribution in [0.25, 0.3) is 0 Å². The Labute approximate surface area is 115 Å². The van der Waals surface area contributed by atoms with Crippen molar-refractivity contribution in [2.24, 2.45) is 0 Å². The van der Waals surface area contributed by atoms with Crippen LogP contribution < -0.4 is 10.1 Å². The minimum Gasteiger partial charge on any atom is -0.497 e. The number of methoxy groups -OCH3 is 1. The third-order valence-corrected chi connectivity index (χ3v) is 3.29. The molecule has 2 rings (SSSR count). The van der Waals surface area contributed by atoms with E-state index >= 15 is 0 Å². The Kier molecular flexibility index (Phi) is 4.45. The van der Waals surface area contributed by atoms with Gasteiger partial charge in [0.2, 0.25) is 0 Å². The summed E-state index contributed by atoms with van der Waals surface area (Å²) < 4.78 is 5.16. The van der Waals surface area contributed by atoms with Crippen LogP contribution in [0.3, 0.4) is 0 Å². The number of aryl methyl sites for hydroxylation is 1. The molecular weight excluding hydrogens is 234 g/mol. The lowest BCUT2D eigenvalue weighted by atomic mass is 10.0. The molecule has 0 aliphatic rings. The van der Waals surface area contributed by atoms with E-state index in [-0.39, 0.29) is 0 Å². The summed E-state index contributed by atoms with van der Waals surface area (Å²) >= 11 is 0. The second kappa shape index (κ2) is 6.28. The average Bonchev–Trinajstić information content (AvgIpc) is 2.42. The maximum atomic E-state index is 5.16. The first kappa shape index (κ1) is 13.5. The standard InChI is InChI=1S/C17H21NO/c1-13-6-4-5-7-15(13)12-14(2)18-16-8-10-17(19-3)11-9-16/h4-11,14,18H,12H2,1-3H3. The third kappa shape index (κ3) is 3.75. The van der Waals surface area contributed by atoms with Gasteiger partial charge in [-0.3, -0.25) is 0 Å². The van der Waals surface area contributed by atoms with E-state index in [4.69, 9.17) is 4.74 Å². The average molecular weight is 255 g/mol. The van der Waals surface area contributed by atoms with Crippen molar-refractivity contribution in [3.8, 4) is 5.75 Å². The zero-order valence-electron chi connectivity index (χ0n) is 11.8. The van der Waals surface area contributed by atoms with Crippen molar-refractivity contribution in [1.29, 1.82) is 0 Å². The van der Waals surface area contributed by atoms with Crippen LogP contribution in [0.5, 0.6) is 5.75 Å². The van der Waals surface area contributed by atoms with Crippen molar-refractivity contribution in [2.45, 2.75) is 26.3 Å². The van der Waals surface area contributed by atoms with Crippen molar-refractivity contribution in [2.75, 3.05) is 12.4 Å². The molecule has 0 heterocycles. The predicted molar refractivity (Wildman–Crippen MR) is 81.0 cm³/mol. The van der Waals surface area contributed by atoms with Gasteiger partial charge in [-0.25, -0.2) is 0 Å². The Hall–Kier alpha value is -1.96. The van der Waals surface area contributed by atoms with Crippen molar-refractivity contribution in [3.63, 3.8) is 0 Å². The SMILES string of the molecule is COc1ccc(NC(C)Cc2ccccc2C)cc1. The molecule has 1 atom stereocenters. The highest BCUT2D eigenvalue weighted by Crippen LogP contribution is 2.17. The summed E-state index contributed by atoms with van der Waals surface area (Å²) in [5.41, 5.74) is 3.88. The van der Waals surface area contributed by atoms with Gasteiger partial charge >= 0.3 is 0 Å². The molecule has 2 aromatic carbocycles. The Bertz CT molecular complexity index is 519. The molecule has 0 radical (unpaired) electrons. The number of anilines is 1. The molecule has 1 N–H and O–H groups in total. The van der Waals surface area contributed by atoms with Gasteiger partial charge in [-0.2, -0.15) is 0 Å². The molecule has 0 aliphatic heterocycles. The van der Waals surface area contributed by atoms with Crippen LogP contribution in [0.1, 0.15) is 18.1 Å². The van der Waals surface area contributed by atoms with E-state index in [1.807, 2.05) is 24.3 Å². The van der Waals surface area contributed by atoms with E-state index in [9.17, 15) is 0 Å². The molecule has 1 unspecified atom stereocenters. The zero-order chi connectivity index (χ0) is 13.7. The highest BCUT2D eigenvalue weighted by atomic mass is 16.5. The zero-order valence-corrected chi connectivity index (χ0v) is 11.8. The topological polar surface area (TPSA) is 21.3 Å². The van der Waals surface area contributed by atoms with Gasteiger partial charge in [0.25, 0.3) is 0 Å². The highest BCUT2D eigenvalue weighted by Gasteiger charge is 2.05. The molecule has 0 aromatic heterocycles. The normalized spacial score (nSPS) is 11.9. The van der Waals surface area contributed by atoms with Crippen LogP contribution in [-0.2, 0) is 6.42 Å². The molecule has 100 valence electrons. The Morgan fingerprint density at radius 3 is 2.37 bits per heavy atom. The summed E-state index contributed by atoms with van der Waals surface area (Å²) in [5, 5.41) is 3.51. The summed E-state index contributed by atoms with van der Waals surface area (Å²) in [4.78, 5) is 0. The second-order valence-corrected chi connectivity index (χ2v) is 4.90. The van der Waals surface area contributed by atoms with Gasteiger partial charge in [0, 0.05) is 11.7 Å². The minimum absolute atomic E-state index is 0.398. The largest absolute Gasteiger partial charge is 0.497 e. The molecule has 0 saturated carbocycles. The lowest BCUT2D eigenvalue weighted by molar-refractivity contribution is 0.415. The lowest BCUT2D eigenvalue weighted by Gasteiger charge is -2.16. The molecule has 2 heteroatoms. The fraction of sp³-hybridized carbons (Fsp3) is 0.294. The summed E-state index contributed by atoms with van der Waals surface area (Å²) in [6, 6.07) is 17.0. The number of hydrogen-bond donors (Lipinski definition) is 1. The van der Waals surface area contributed by atoms with Crippen LogP contribution in [0, 0.1) is 6.92 Å². The quantitative estimate of drug-likeness (QED) is 0.870. The Morgan fingerprint density at radius 1 is 1.05 bits per heavy atom. The smallest absolute Gasteiger partial charge is 0.119 e. The van der Waals surface area contributed by atoms with E-state index in [1.165, 1.54) is 11.1 Å². The van der Waals surface area contributed by atoms with Crippen LogP contribution in [0.15, 0.2) is 48.5 Å². The summed E-state index contributed by atoms with van der Waals surface area (Å²) in [6.07, 6.45) is 1.03. The van der Waals surface area contributed by atoms with Gasteiger partial charge in [0.15, 0.2) is 0 Å². The number of nitrogens with one attached hydrogen (secondary N) is 1. The molecule has 0 spiro atoms. The second-order valence-electron chi connectivity index (χ2n) is 4.90. The van der Waals surface area contributed by atoms with Crippen molar-refractivity contribution in [3.05, 3.63) is 59.7 Å². The molecule has 0 fully saturated rings. The molecular formula is C17H21NO. The number of hydrogen-bond acceptors (Lipinski definition) is 2. The maximum Gasteiger partial charge on any atom is 0.119 e. The molecule has 0 bridgehead atoms. The molecule has 2 nitrogen and oxygen atoms in total. The van der Waals surface area contributed by atoms with Crippen LogP contribution in [0.2, 0.25) is 0 Å². The number of rotatable bonds is 5. The molecule has 0 amide bonds. The van der Waals surface area contributed by atoms with Crippen LogP contribution in [-0.4, -0.2) is 13.2 Å². The molecule has 0 saturated heterocycles. The molecule has 19 heavy (non-hydrogen) atoms. The number of ether oxygens (including phenoxy) is 1. The number of benzene rings is 2. The van der Waals surface area contributed by atoms with Gasteiger partial charge in [-0.15, -0.1) is 0 Å². The lowest BCUT2D eigenvalue weighted by Crippen LogP contribution is -2.18. The van der Waals surface area contributed by atoms with E-state index in [1.54, 1.807) is 7.11 Å². The monoisotopic (exact) mass is 255 g/mol. The van der Waals surface area contributed by atoms with Gasteiger partial charge < -0.3 is 10.1 Å². The molecule has 2 aromatic rings. The minimum atomic E-state index is 0.398. The summed E-state index contributed by atoms with van der Waals surface area (Å²) in [5.74, 6) is 0.886. The van der Waals surface area contributed by atoms with E-state index in [2.05, 4.69) is 43.4 Å². The molecule has 0 aliphatic carbocycles. The van der Waals surface area contributed by atoms with Crippen molar-refractivity contribution >= 4 is 5.69 Å². The summed E-state index contributed by atoms with van der Waals surface area (Å²) in [7, 11) is 1.68. The highest BCUT2D eigenvalue weighted by molar-refractivity contribution is 5.47. The van der Waals surface area contributed by atoms with Crippen molar-refractivity contribution < 1.29 is 4.74 Å². The summed E-state index contributed by atoms with van der Waals surface area (Å²) in [6.45, 7) is 4.37. The van der Waals surface area contributed by atoms with Crippen LogP contribution in [0.4, 0.5) is 5.69 Å². The van der Waals surface area contributed by atoms with Crippen LogP contribution >= 0.6 is 0 Å². The van der Waals surface area contributed by atoms with Gasteiger partial charge in [0.1, 0.15) is 5.75 Å². The Morgan fingerprint density at radius 2 is 1.74 bits per heavy atom. The van der Waals surface area contributed by atoms with E-state index < -0.39 is 0 Å². The Balaban J connectivity index is 1.97. The first-order chi connectivity index (χ1) is 9.19. The predicted octanol–water partition coefficient (Wildman–Crippen LogP) is 4.05. The van der Waals surface area contributed by atoms with Crippen molar-refractivity contribution in [1.82, 2.24) is 0 Å². The first-order valence-corrected chi connectivity index (χ1v) is 6.64. The third-order valence-electron chi connectivity index (χ3n) is 3.29. The van der Waals surface area contributed by atoms with Gasteiger partial charge in [-0.05, 0) is 55.7 Å². The van der Waals surface area contributed by atoms with Gasteiger partial charge in [0.05, 0.1) is 7.11 Å². The fourth-order valence-electron chi connectivity index (χ4n) is 2.19. The maximum absolute atomic E-state index is 5.16.